The van der Waals surface area contributed by atoms with Gasteiger partial charge >= 0.3 is 5.97 Å². The molecular formula is C14H14N4O2S. The third-order valence-corrected chi connectivity index (χ3v) is 4.15. The van der Waals surface area contributed by atoms with Gasteiger partial charge in [-0.1, -0.05) is 0 Å². The van der Waals surface area contributed by atoms with E-state index in [1.807, 2.05) is 6.08 Å². The maximum atomic E-state index is 10.8. The highest BCUT2D eigenvalue weighted by Crippen LogP contribution is 2.17. The van der Waals surface area contributed by atoms with Crippen molar-refractivity contribution >= 4 is 35.4 Å². The lowest BCUT2D eigenvalue weighted by Gasteiger charge is -2.14. The molecule has 3 rings (SSSR count). The van der Waals surface area contributed by atoms with Gasteiger partial charge in [-0.05, 0) is 25.0 Å². The maximum absolute atomic E-state index is 10.8. The number of anilines is 1. The molecule has 108 valence electrons. The van der Waals surface area contributed by atoms with Crippen LogP contribution in [0, 0.1) is 0 Å². The minimum absolute atomic E-state index is 0.232. The molecule has 0 saturated carbocycles. The average molecular weight is 302 g/mol. The Morgan fingerprint density at radius 1 is 1.14 bits per heavy atom. The number of aromatic carboxylic acids is 1. The van der Waals surface area contributed by atoms with E-state index < -0.39 is 5.97 Å². The minimum Gasteiger partial charge on any atom is -0.477 e. The van der Waals surface area contributed by atoms with Gasteiger partial charge in [-0.25, -0.2) is 19.7 Å². The molecule has 3 heterocycles. The molecule has 0 radical (unpaired) electrons. The topological polar surface area (TPSA) is 79.2 Å². The number of hydrogen-bond donors (Lipinski definition) is 1. The number of carboxylic acid groups (broad SMARTS) is 1. The summed E-state index contributed by atoms with van der Waals surface area (Å²) in [6.45, 7) is 2.04. The molecule has 21 heavy (non-hydrogen) atoms. The van der Waals surface area contributed by atoms with E-state index in [1.54, 1.807) is 18.5 Å². The van der Waals surface area contributed by atoms with Crippen LogP contribution in [0.5, 0.6) is 0 Å². The molecule has 2 aromatic rings. The number of nitrogens with zero attached hydrogens (tertiary/aromatic N) is 4. The number of carbonyl (C=O) groups is 1. The summed E-state index contributed by atoms with van der Waals surface area (Å²) in [7, 11) is 0. The van der Waals surface area contributed by atoms with Gasteiger partial charge in [-0.3, -0.25) is 0 Å². The highest BCUT2D eigenvalue weighted by atomic mass is 32.1. The monoisotopic (exact) mass is 302 g/mol. The van der Waals surface area contributed by atoms with Gasteiger partial charge in [0.15, 0.2) is 0 Å². The van der Waals surface area contributed by atoms with Crippen LogP contribution in [0.4, 0.5) is 5.95 Å². The quantitative estimate of drug-likeness (QED) is 0.934. The van der Waals surface area contributed by atoms with Gasteiger partial charge in [0, 0.05) is 31.0 Å². The van der Waals surface area contributed by atoms with Crippen LogP contribution in [-0.4, -0.2) is 39.1 Å². The second-order valence-corrected chi connectivity index (χ2v) is 5.77. The molecule has 0 atom stereocenters. The Labute approximate surface area is 125 Å². The van der Waals surface area contributed by atoms with Crippen LogP contribution in [0.3, 0.4) is 0 Å². The summed E-state index contributed by atoms with van der Waals surface area (Å²) in [6.07, 6.45) is 10.9. The predicted molar refractivity (Wildman–Crippen MR) is 81.5 cm³/mol. The maximum Gasteiger partial charge on any atom is 0.347 e. The van der Waals surface area contributed by atoms with Crippen molar-refractivity contribution in [3.63, 3.8) is 0 Å². The molecule has 6 nitrogen and oxygen atoms in total. The molecule has 2 aromatic heterocycles. The Morgan fingerprint density at radius 2 is 1.86 bits per heavy atom. The van der Waals surface area contributed by atoms with Crippen molar-refractivity contribution in [2.24, 2.45) is 0 Å². The van der Waals surface area contributed by atoms with Crippen LogP contribution in [-0.2, 0) is 0 Å². The van der Waals surface area contributed by atoms with Crippen molar-refractivity contribution in [1.29, 1.82) is 0 Å². The molecule has 7 heteroatoms. The lowest BCUT2D eigenvalue weighted by Crippen LogP contribution is -2.20. The van der Waals surface area contributed by atoms with E-state index in [4.69, 9.17) is 5.11 Å². The normalized spacial score (nSPS) is 15.0. The summed E-state index contributed by atoms with van der Waals surface area (Å²) < 4.78 is 0. The van der Waals surface area contributed by atoms with Crippen LogP contribution in [0.2, 0.25) is 0 Å². The molecule has 1 saturated heterocycles. The molecule has 0 bridgehead atoms. The highest BCUT2D eigenvalue weighted by molar-refractivity contribution is 7.14. The van der Waals surface area contributed by atoms with Crippen LogP contribution >= 0.6 is 11.3 Å². The third kappa shape index (κ3) is 3.25. The molecule has 0 aromatic carbocycles. The van der Waals surface area contributed by atoms with E-state index >= 15 is 0 Å². The fraction of sp³-hybridized carbons (Fsp3) is 0.286. The minimum atomic E-state index is -0.953. The molecule has 1 N–H and O–H groups in total. The van der Waals surface area contributed by atoms with Crippen LogP contribution < -0.4 is 4.90 Å². The summed E-state index contributed by atoms with van der Waals surface area (Å²) >= 11 is 1.14. The Hall–Kier alpha value is -2.28. The van der Waals surface area contributed by atoms with E-state index in [0.29, 0.717) is 5.01 Å². The summed E-state index contributed by atoms with van der Waals surface area (Å²) in [4.78, 5) is 25.9. The van der Waals surface area contributed by atoms with Gasteiger partial charge in [0.1, 0.15) is 9.88 Å². The van der Waals surface area contributed by atoms with Gasteiger partial charge in [0.05, 0.1) is 6.20 Å². The molecule has 1 aliphatic heterocycles. The Balaban J connectivity index is 1.69. The first-order valence-corrected chi connectivity index (χ1v) is 7.48. The number of carboxylic acids is 1. The fourth-order valence-corrected chi connectivity index (χ4v) is 2.79. The lowest BCUT2D eigenvalue weighted by atomic mass is 10.3. The predicted octanol–water partition coefficient (Wildman–Crippen LogP) is 2.40. The van der Waals surface area contributed by atoms with E-state index in [9.17, 15) is 4.79 Å². The fourth-order valence-electron chi connectivity index (χ4n) is 2.13. The standard InChI is InChI=1S/C14H14N4O2S/c19-13(20)11-9-15-12(21-11)4-3-10-7-16-14(17-8-10)18-5-1-2-6-18/h3-4,7-9H,1-2,5-6H2,(H,19,20)/b4-3+. The van der Waals surface area contributed by atoms with Crippen molar-refractivity contribution in [1.82, 2.24) is 15.0 Å². The van der Waals surface area contributed by atoms with Crippen LogP contribution in [0.1, 0.15) is 33.1 Å². The number of thiazole rings is 1. The molecular weight excluding hydrogens is 288 g/mol. The Bertz CT molecular complexity index is 660. The Kier molecular flexibility index (Phi) is 3.92. The third-order valence-electron chi connectivity index (χ3n) is 3.20. The summed E-state index contributed by atoms with van der Waals surface area (Å²) in [6, 6.07) is 0. The van der Waals surface area contributed by atoms with Crippen molar-refractivity contribution in [3.8, 4) is 0 Å². The van der Waals surface area contributed by atoms with Crippen LogP contribution in [0.15, 0.2) is 18.6 Å². The van der Waals surface area contributed by atoms with E-state index in [2.05, 4.69) is 19.9 Å². The van der Waals surface area contributed by atoms with Gasteiger partial charge in [0.25, 0.3) is 0 Å². The first kappa shape index (κ1) is 13.7. The summed E-state index contributed by atoms with van der Waals surface area (Å²) in [5.41, 5.74) is 0.866. The molecule has 1 fully saturated rings. The van der Waals surface area contributed by atoms with Gasteiger partial charge in [0.2, 0.25) is 5.95 Å². The molecule has 1 aliphatic rings. The zero-order chi connectivity index (χ0) is 14.7. The van der Waals surface area contributed by atoms with Crippen molar-refractivity contribution in [2.75, 3.05) is 18.0 Å². The summed E-state index contributed by atoms with van der Waals surface area (Å²) in [5, 5.41) is 9.49. The lowest BCUT2D eigenvalue weighted by molar-refractivity contribution is 0.0702. The first-order chi connectivity index (χ1) is 10.2. The number of rotatable bonds is 4. The largest absolute Gasteiger partial charge is 0.477 e. The summed E-state index contributed by atoms with van der Waals surface area (Å²) in [5.74, 6) is -0.183. The smallest absolute Gasteiger partial charge is 0.347 e. The SMILES string of the molecule is O=C(O)c1cnc(/C=C/c2cnc(N3CCCC3)nc2)s1. The van der Waals surface area contributed by atoms with Crippen molar-refractivity contribution in [3.05, 3.63) is 34.0 Å². The van der Waals surface area contributed by atoms with Crippen molar-refractivity contribution < 1.29 is 9.90 Å². The zero-order valence-electron chi connectivity index (χ0n) is 11.3. The average Bonchev–Trinajstić information content (AvgIpc) is 3.17. The molecule has 0 amide bonds. The molecule has 0 aliphatic carbocycles. The van der Waals surface area contributed by atoms with Gasteiger partial charge in [-0.15, -0.1) is 11.3 Å². The zero-order valence-corrected chi connectivity index (χ0v) is 12.1. The second kappa shape index (κ2) is 6.01. The van der Waals surface area contributed by atoms with Gasteiger partial charge < -0.3 is 10.0 Å². The first-order valence-electron chi connectivity index (χ1n) is 6.66. The van der Waals surface area contributed by atoms with Gasteiger partial charge in [-0.2, -0.15) is 0 Å². The van der Waals surface area contributed by atoms with Crippen molar-refractivity contribution in [2.45, 2.75) is 12.8 Å². The molecule has 0 unspecified atom stereocenters. The second-order valence-electron chi connectivity index (χ2n) is 4.71. The van der Waals surface area contributed by atoms with Crippen LogP contribution in [0.25, 0.3) is 12.2 Å². The number of hydrogen-bond acceptors (Lipinski definition) is 6. The van der Waals surface area contributed by atoms with E-state index in [1.165, 1.54) is 19.0 Å². The van der Waals surface area contributed by atoms with E-state index in [0.717, 1.165) is 35.9 Å². The highest BCUT2D eigenvalue weighted by Gasteiger charge is 2.14. The number of aromatic nitrogens is 3. The van der Waals surface area contributed by atoms with E-state index in [-0.39, 0.29) is 4.88 Å². The Morgan fingerprint density at radius 3 is 2.48 bits per heavy atom. The molecule has 0 spiro atoms.